The van der Waals surface area contributed by atoms with Crippen LogP contribution in [0.4, 0.5) is 24.7 Å². The Balaban J connectivity index is 1.32. The molecule has 3 heterocycles. The van der Waals surface area contributed by atoms with Crippen LogP contribution in [0.2, 0.25) is 15.1 Å². The molecule has 6 atom stereocenters. The highest BCUT2D eigenvalue weighted by atomic mass is 35.5. The SMILES string of the molecule is Cc1cc([C@H]2C3=CC[C@@H]4C(=O)N(c5ccc(Cl)cc5)C(=O)[C@@H]4[C@@H]3C[C@H]3C(=O)N(Nc4ncc(C(F)(F)F)cc4Cl)C(=O)[C@@]23c2ccc(Cl)cc2)cc(C)c1O. The summed E-state index contributed by atoms with van der Waals surface area (Å²) in [5, 5.41) is 11.9. The summed E-state index contributed by atoms with van der Waals surface area (Å²) in [5.74, 6) is -7.06. The Morgan fingerprint density at radius 2 is 1.47 bits per heavy atom. The number of imide groups is 2. The Morgan fingerprint density at radius 3 is 2.07 bits per heavy atom. The zero-order valence-corrected chi connectivity index (χ0v) is 31.3. The van der Waals surface area contributed by atoms with Crippen LogP contribution in [-0.2, 0) is 30.8 Å². The number of hydrazine groups is 1. The average Bonchev–Trinajstić information content (AvgIpc) is 3.52. The number of pyridine rings is 1. The number of alkyl halides is 3. The van der Waals surface area contributed by atoms with Crippen LogP contribution in [0.25, 0.3) is 0 Å². The Kier molecular flexibility index (Phi) is 8.82. The number of hydrogen-bond acceptors (Lipinski definition) is 7. The van der Waals surface area contributed by atoms with Gasteiger partial charge in [0.1, 0.15) is 5.75 Å². The summed E-state index contributed by atoms with van der Waals surface area (Å²) in [4.78, 5) is 63.7. The van der Waals surface area contributed by atoms with Gasteiger partial charge in [-0.2, -0.15) is 18.2 Å². The molecule has 1 aromatic heterocycles. The van der Waals surface area contributed by atoms with Crippen molar-refractivity contribution in [3.63, 3.8) is 0 Å². The van der Waals surface area contributed by atoms with Gasteiger partial charge in [-0.15, -0.1) is 0 Å². The predicted octanol–water partition coefficient (Wildman–Crippen LogP) is 8.57. The molecule has 3 fully saturated rings. The lowest BCUT2D eigenvalue weighted by molar-refractivity contribution is -0.139. The van der Waals surface area contributed by atoms with Crippen molar-refractivity contribution >= 4 is 69.9 Å². The number of carbonyl (C=O) groups is 4. The summed E-state index contributed by atoms with van der Waals surface area (Å²) >= 11 is 18.7. The van der Waals surface area contributed by atoms with Gasteiger partial charge in [0, 0.05) is 22.2 Å². The number of benzene rings is 3. The number of halogens is 6. The molecule has 0 spiro atoms. The molecule has 15 heteroatoms. The first kappa shape index (κ1) is 37.0. The van der Waals surface area contributed by atoms with E-state index >= 15 is 4.79 Å². The van der Waals surface area contributed by atoms with Crippen molar-refractivity contribution in [2.24, 2.45) is 23.7 Å². The monoisotopic (exact) mass is 808 g/mol. The van der Waals surface area contributed by atoms with Crippen LogP contribution in [0.5, 0.6) is 5.75 Å². The van der Waals surface area contributed by atoms with E-state index in [9.17, 15) is 32.7 Å². The fourth-order valence-corrected chi connectivity index (χ4v) is 9.62. The number of hydrogen-bond donors (Lipinski definition) is 2. The first-order chi connectivity index (χ1) is 26.0. The van der Waals surface area contributed by atoms with Crippen LogP contribution in [-0.4, -0.2) is 38.7 Å². The number of aryl methyl sites for hydroxylation is 2. The smallest absolute Gasteiger partial charge is 0.417 e. The third-order valence-corrected chi connectivity index (χ3v) is 12.3. The van der Waals surface area contributed by atoms with E-state index in [1.54, 1.807) is 74.5 Å². The highest BCUT2D eigenvalue weighted by Crippen LogP contribution is 2.64. The second kappa shape index (κ2) is 13.1. The second-order valence-corrected chi connectivity index (χ2v) is 15.7. The summed E-state index contributed by atoms with van der Waals surface area (Å²) in [5.41, 5.74) is 2.81. The third-order valence-electron chi connectivity index (χ3n) is 11.5. The lowest BCUT2D eigenvalue weighted by Gasteiger charge is -2.50. The number of phenolic OH excluding ortho intramolecular Hbond substituents is 1. The van der Waals surface area contributed by atoms with Crippen molar-refractivity contribution in [2.75, 3.05) is 10.3 Å². The Hall–Kier alpha value is -4.91. The quantitative estimate of drug-likeness (QED) is 0.153. The van der Waals surface area contributed by atoms with Crippen molar-refractivity contribution in [3.05, 3.63) is 127 Å². The first-order valence-corrected chi connectivity index (χ1v) is 18.4. The van der Waals surface area contributed by atoms with Gasteiger partial charge >= 0.3 is 6.18 Å². The zero-order chi connectivity index (χ0) is 39.3. The van der Waals surface area contributed by atoms with Crippen LogP contribution in [0.3, 0.4) is 0 Å². The zero-order valence-electron chi connectivity index (χ0n) is 29.0. The number of allylic oxidation sites excluding steroid dienone is 2. The molecule has 4 amide bonds. The Bertz CT molecular complexity index is 2330. The van der Waals surface area contributed by atoms with Gasteiger partial charge in [-0.3, -0.25) is 29.5 Å². The Labute approximate surface area is 327 Å². The van der Waals surface area contributed by atoms with Gasteiger partial charge in [0.2, 0.25) is 11.8 Å². The highest BCUT2D eigenvalue weighted by molar-refractivity contribution is 6.33. The van der Waals surface area contributed by atoms with Gasteiger partial charge in [-0.1, -0.05) is 70.7 Å². The maximum Gasteiger partial charge on any atom is 0.417 e. The average molecular weight is 810 g/mol. The molecule has 1 saturated carbocycles. The number of aromatic hydroxyl groups is 1. The molecule has 4 aliphatic rings. The van der Waals surface area contributed by atoms with Gasteiger partial charge in [-0.05, 0) is 97.3 Å². The maximum atomic E-state index is 15.3. The molecular formula is C40H30Cl3F3N4O5. The summed E-state index contributed by atoms with van der Waals surface area (Å²) in [7, 11) is 0. The van der Waals surface area contributed by atoms with Gasteiger partial charge in [0.15, 0.2) is 5.82 Å². The lowest BCUT2D eigenvalue weighted by Crippen LogP contribution is -2.53. The number of nitrogens with zero attached hydrogens (tertiary/aromatic N) is 3. The molecule has 9 nitrogen and oxygen atoms in total. The molecule has 2 aliphatic heterocycles. The summed E-state index contributed by atoms with van der Waals surface area (Å²) in [6, 6.07) is 16.9. The molecule has 0 radical (unpaired) electrons. The fourth-order valence-electron chi connectivity index (χ4n) is 9.16. The van der Waals surface area contributed by atoms with Crippen LogP contribution in [0.1, 0.15) is 46.6 Å². The van der Waals surface area contributed by atoms with E-state index in [-0.39, 0.29) is 24.4 Å². The van der Waals surface area contributed by atoms with Crippen LogP contribution in [0, 0.1) is 37.5 Å². The van der Waals surface area contributed by atoms with Crippen molar-refractivity contribution < 1.29 is 37.5 Å². The van der Waals surface area contributed by atoms with Crippen molar-refractivity contribution in [3.8, 4) is 5.75 Å². The lowest BCUT2D eigenvalue weighted by atomic mass is 9.49. The minimum absolute atomic E-state index is 0.0351. The van der Waals surface area contributed by atoms with E-state index in [1.807, 2.05) is 6.08 Å². The number of nitrogens with one attached hydrogen (secondary N) is 1. The number of anilines is 2. The number of phenols is 1. The maximum absolute atomic E-state index is 15.3. The fraction of sp³-hybridized carbons (Fsp3) is 0.275. The molecule has 2 N–H and O–H groups in total. The number of aromatic nitrogens is 1. The minimum Gasteiger partial charge on any atom is -0.507 e. The van der Waals surface area contributed by atoms with Gasteiger partial charge < -0.3 is 5.11 Å². The van der Waals surface area contributed by atoms with Crippen LogP contribution >= 0.6 is 34.8 Å². The third kappa shape index (κ3) is 5.63. The molecule has 0 bridgehead atoms. The summed E-state index contributed by atoms with van der Waals surface area (Å²) in [6.45, 7) is 3.42. The first-order valence-electron chi connectivity index (χ1n) is 17.3. The van der Waals surface area contributed by atoms with Crippen molar-refractivity contribution in [1.29, 1.82) is 0 Å². The van der Waals surface area contributed by atoms with E-state index in [4.69, 9.17) is 34.8 Å². The van der Waals surface area contributed by atoms with E-state index in [1.165, 1.54) is 0 Å². The number of rotatable bonds is 5. The number of carbonyl (C=O) groups excluding carboxylic acids is 4. The number of fused-ring (bicyclic) bond motifs is 4. The summed E-state index contributed by atoms with van der Waals surface area (Å²) in [6.07, 6.45) is -2.18. The molecule has 8 rings (SSSR count). The molecule has 2 saturated heterocycles. The van der Waals surface area contributed by atoms with E-state index < -0.39 is 75.4 Å². The van der Waals surface area contributed by atoms with Crippen molar-refractivity contribution in [2.45, 2.75) is 44.2 Å². The number of amides is 4. The van der Waals surface area contributed by atoms with E-state index in [2.05, 4.69) is 10.4 Å². The van der Waals surface area contributed by atoms with Gasteiger partial charge in [-0.25, -0.2) is 4.98 Å². The standard InChI is InChI=1S/C40H30Cl3F3N4O5/c1-18-13-20(14-19(2)33(18)51)32-26-11-12-27-31(37(54)49(35(27)52)25-9-7-24(42)8-10-25)28(26)16-29-36(53)50(38(55)39(29,32)21-3-5-23(41)6-4-21)48-34-30(43)15-22(17-47-34)40(44,45)46/h3-11,13-15,17,27-29,31-32,51H,12,16H2,1-2H3,(H,47,48)/t27-,28+,29-,31-,32-,39+/m0/s1. The van der Waals surface area contributed by atoms with E-state index in [0.717, 1.165) is 9.91 Å². The summed E-state index contributed by atoms with van der Waals surface area (Å²) < 4.78 is 40.5. The normalized spacial score (nSPS) is 26.2. The largest absolute Gasteiger partial charge is 0.507 e. The molecule has 55 heavy (non-hydrogen) atoms. The molecule has 0 unspecified atom stereocenters. The van der Waals surface area contributed by atoms with Crippen LogP contribution in [0.15, 0.2) is 84.6 Å². The molecule has 2 aliphatic carbocycles. The van der Waals surface area contributed by atoms with Gasteiger partial charge in [0.05, 0.1) is 39.4 Å². The predicted molar refractivity (Wildman–Crippen MR) is 198 cm³/mol. The van der Waals surface area contributed by atoms with Crippen LogP contribution < -0.4 is 10.3 Å². The second-order valence-electron chi connectivity index (χ2n) is 14.4. The topological polar surface area (TPSA) is 120 Å². The Morgan fingerprint density at radius 1 is 0.855 bits per heavy atom. The molecule has 4 aromatic rings. The van der Waals surface area contributed by atoms with Gasteiger partial charge in [0.25, 0.3) is 11.8 Å². The minimum atomic E-state index is -4.75. The molecule has 3 aromatic carbocycles. The highest BCUT2D eigenvalue weighted by Gasteiger charge is 2.70. The molecular weight excluding hydrogens is 780 g/mol. The van der Waals surface area contributed by atoms with E-state index in [0.29, 0.717) is 55.8 Å². The molecule has 282 valence electrons. The van der Waals surface area contributed by atoms with Crippen molar-refractivity contribution in [1.82, 2.24) is 9.99 Å².